The van der Waals surface area contributed by atoms with Crippen LogP contribution in [0.4, 0.5) is 0 Å². The van der Waals surface area contributed by atoms with E-state index in [9.17, 15) is 8.42 Å². The topological polar surface area (TPSA) is 46.2 Å². The molecule has 0 saturated heterocycles. The molecule has 0 amide bonds. The normalized spacial score (nSPS) is 17.9. The van der Waals surface area contributed by atoms with Gasteiger partial charge in [0.1, 0.15) is 4.21 Å². The van der Waals surface area contributed by atoms with Crippen LogP contribution in [-0.4, -0.2) is 15.0 Å². The van der Waals surface area contributed by atoms with E-state index in [1.807, 2.05) is 13.0 Å². The minimum Gasteiger partial charge on any atom is -0.210 e. The fraction of sp³-hybridized carbons (Fsp3) is 0.500. The standard InChI is InChI=1S/C16H21NO2S3/c1-2-14-5-6-15(21-14)22(18,19)17-12-16(8-3-4-9-16)13-7-10-20-11-13/h5-7,10-11,17H,2-4,8-9,12H2,1H3. The van der Waals surface area contributed by atoms with E-state index in [2.05, 4.69) is 21.5 Å². The second-order valence-corrected chi connectivity index (χ2v) is 9.84. The third-order valence-corrected chi connectivity index (χ3v) is 8.35. The highest BCUT2D eigenvalue weighted by molar-refractivity contribution is 7.91. The third-order valence-electron chi connectivity index (χ3n) is 4.55. The predicted molar refractivity (Wildman–Crippen MR) is 93.4 cm³/mol. The van der Waals surface area contributed by atoms with E-state index < -0.39 is 10.0 Å². The molecule has 2 aromatic heterocycles. The summed E-state index contributed by atoms with van der Waals surface area (Å²) in [6.45, 7) is 2.55. The van der Waals surface area contributed by atoms with Crippen molar-refractivity contribution in [2.75, 3.05) is 6.54 Å². The summed E-state index contributed by atoms with van der Waals surface area (Å²) in [6, 6.07) is 5.77. The van der Waals surface area contributed by atoms with Crippen LogP contribution in [0.25, 0.3) is 0 Å². The molecule has 1 saturated carbocycles. The van der Waals surface area contributed by atoms with Gasteiger partial charge in [-0.2, -0.15) is 11.3 Å². The summed E-state index contributed by atoms with van der Waals surface area (Å²) in [5.41, 5.74) is 1.27. The number of rotatable bonds is 6. The van der Waals surface area contributed by atoms with Crippen molar-refractivity contribution in [3.8, 4) is 0 Å². The van der Waals surface area contributed by atoms with E-state index >= 15 is 0 Å². The van der Waals surface area contributed by atoms with Gasteiger partial charge in [0.05, 0.1) is 0 Å². The van der Waals surface area contributed by atoms with Gasteiger partial charge in [-0.05, 0) is 53.8 Å². The van der Waals surface area contributed by atoms with Crippen molar-refractivity contribution in [2.24, 2.45) is 0 Å². The van der Waals surface area contributed by atoms with E-state index in [0.29, 0.717) is 10.8 Å². The lowest BCUT2D eigenvalue weighted by Gasteiger charge is -2.28. The first-order valence-corrected chi connectivity index (χ1v) is 10.9. The molecule has 1 aliphatic rings. The van der Waals surface area contributed by atoms with E-state index in [1.165, 1.54) is 29.7 Å². The molecule has 1 fully saturated rings. The fourth-order valence-electron chi connectivity index (χ4n) is 3.18. The van der Waals surface area contributed by atoms with Crippen LogP contribution < -0.4 is 4.72 Å². The Hall–Kier alpha value is -0.690. The highest BCUT2D eigenvalue weighted by Crippen LogP contribution is 2.41. The second-order valence-electron chi connectivity index (χ2n) is 5.90. The molecule has 0 atom stereocenters. The van der Waals surface area contributed by atoms with Gasteiger partial charge in [0.2, 0.25) is 10.0 Å². The van der Waals surface area contributed by atoms with E-state index in [1.54, 1.807) is 17.4 Å². The number of nitrogens with one attached hydrogen (secondary N) is 1. The van der Waals surface area contributed by atoms with Crippen LogP contribution in [-0.2, 0) is 21.9 Å². The van der Waals surface area contributed by atoms with E-state index in [0.717, 1.165) is 24.1 Å². The zero-order chi connectivity index (χ0) is 15.6. The van der Waals surface area contributed by atoms with Gasteiger partial charge in [0.25, 0.3) is 0 Å². The van der Waals surface area contributed by atoms with E-state index in [-0.39, 0.29) is 5.41 Å². The van der Waals surface area contributed by atoms with Gasteiger partial charge in [0.15, 0.2) is 0 Å². The smallest absolute Gasteiger partial charge is 0.210 e. The maximum absolute atomic E-state index is 12.5. The molecule has 22 heavy (non-hydrogen) atoms. The molecule has 6 heteroatoms. The van der Waals surface area contributed by atoms with Gasteiger partial charge in [-0.15, -0.1) is 11.3 Å². The summed E-state index contributed by atoms with van der Waals surface area (Å²) in [5.74, 6) is 0. The number of sulfonamides is 1. The van der Waals surface area contributed by atoms with Crippen molar-refractivity contribution >= 4 is 32.7 Å². The van der Waals surface area contributed by atoms with Crippen LogP contribution in [0.1, 0.15) is 43.0 Å². The molecule has 1 N–H and O–H groups in total. The average molecular weight is 356 g/mol. The molecule has 0 aromatic carbocycles. The van der Waals surface area contributed by atoms with Crippen molar-refractivity contribution in [2.45, 2.75) is 48.7 Å². The zero-order valence-electron chi connectivity index (χ0n) is 12.7. The van der Waals surface area contributed by atoms with Crippen LogP contribution in [0.15, 0.2) is 33.2 Å². The van der Waals surface area contributed by atoms with Gasteiger partial charge in [-0.25, -0.2) is 13.1 Å². The predicted octanol–water partition coefficient (Wildman–Crippen LogP) is 4.16. The van der Waals surface area contributed by atoms with Crippen LogP contribution in [0.3, 0.4) is 0 Å². The van der Waals surface area contributed by atoms with Gasteiger partial charge < -0.3 is 0 Å². The Labute approximate surface area is 140 Å². The maximum atomic E-state index is 12.5. The van der Waals surface area contributed by atoms with Crippen molar-refractivity contribution in [3.63, 3.8) is 0 Å². The highest BCUT2D eigenvalue weighted by atomic mass is 32.2. The van der Waals surface area contributed by atoms with E-state index in [4.69, 9.17) is 0 Å². The average Bonchev–Trinajstić information content (AvgIpc) is 3.25. The number of hydrogen-bond donors (Lipinski definition) is 1. The molecule has 2 aromatic rings. The lowest BCUT2D eigenvalue weighted by molar-refractivity contribution is 0.434. The van der Waals surface area contributed by atoms with Crippen LogP contribution >= 0.6 is 22.7 Å². The molecule has 120 valence electrons. The lowest BCUT2D eigenvalue weighted by Crippen LogP contribution is -2.38. The fourth-order valence-corrected chi connectivity index (χ4v) is 6.43. The first-order valence-electron chi connectivity index (χ1n) is 7.67. The van der Waals surface area contributed by atoms with Gasteiger partial charge >= 0.3 is 0 Å². The molecule has 0 aliphatic heterocycles. The molecule has 1 aliphatic carbocycles. The van der Waals surface area contributed by atoms with Gasteiger partial charge in [-0.3, -0.25) is 0 Å². The van der Waals surface area contributed by atoms with Crippen molar-refractivity contribution < 1.29 is 8.42 Å². The number of aryl methyl sites for hydroxylation is 1. The molecular formula is C16H21NO2S3. The summed E-state index contributed by atoms with van der Waals surface area (Å²) in [5, 5.41) is 4.25. The molecule has 0 unspecified atom stereocenters. The summed E-state index contributed by atoms with van der Waals surface area (Å²) in [4.78, 5) is 1.11. The van der Waals surface area contributed by atoms with Gasteiger partial charge in [-0.1, -0.05) is 19.8 Å². The zero-order valence-corrected chi connectivity index (χ0v) is 15.1. The number of hydrogen-bond acceptors (Lipinski definition) is 4. The van der Waals surface area contributed by atoms with Crippen molar-refractivity contribution in [1.82, 2.24) is 4.72 Å². The Morgan fingerprint density at radius 2 is 2.00 bits per heavy atom. The quantitative estimate of drug-likeness (QED) is 0.845. The van der Waals surface area contributed by atoms with Crippen molar-refractivity contribution in [1.29, 1.82) is 0 Å². The minimum atomic E-state index is -3.39. The molecule has 0 spiro atoms. The van der Waals surface area contributed by atoms with Crippen LogP contribution in [0.5, 0.6) is 0 Å². The van der Waals surface area contributed by atoms with Gasteiger partial charge in [0, 0.05) is 16.8 Å². The lowest BCUT2D eigenvalue weighted by atomic mass is 9.81. The van der Waals surface area contributed by atoms with Crippen LogP contribution in [0.2, 0.25) is 0 Å². The molecule has 0 radical (unpaired) electrons. The summed E-state index contributed by atoms with van der Waals surface area (Å²) >= 11 is 3.06. The Morgan fingerprint density at radius 1 is 1.23 bits per heavy atom. The maximum Gasteiger partial charge on any atom is 0.250 e. The third kappa shape index (κ3) is 3.15. The van der Waals surface area contributed by atoms with Crippen molar-refractivity contribution in [3.05, 3.63) is 39.4 Å². The monoisotopic (exact) mass is 355 g/mol. The first-order chi connectivity index (χ1) is 10.6. The highest BCUT2D eigenvalue weighted by Gasteiger charge is 2.37. The summed E-state index contributed by atoms with van der Waals surface area (Å²) in [7, 11) is -3.39. The summed E-state index contributed by atoms with van der Waals surface area (Å²) in [6.07, 6.45) is 5.36. The largest absolute Gasteiger partial charge is 0.250 e. The van der Waals surface area contributed by atoms with Crippen LogP contribution in [0, 0.1) is 0 Å². The Balaban J connectivity index is 1.77. The summed E-state index contributed by atoms with van der Waals surface area (Å²) < 4.78 is 28.4. The molecule has 3 nitrogen and oxygen atoms in total. The second kappa shape index (κ2) is 6.43. The first kappa shape index (κ1) is 16.2. The SMILES string of the molecule is CCc1ccc(S(=O)(=O)NCC2(c3ccsc3)CCCC2)s1. The molecular weight excluding hydrogens is 334 g/mol. The Bertz CT molecular complexity index is 710. The number of thiophene rings is 2. The minimum absolute atomic E-state index is 0.0160. The molecule has 3 rings (SSSR count). The Kier molecular flexibility index (Phi) is 4.73. The molecule has 0 bridgehead atoms. The Morgan fingerprint density at radius 3 is 2.59 bits per heavy atom. The molecule has 2 heterocycles.